The van der Waals surface area contributed by atoms with Gasteiger partial charge in [-0.2, -0.15) is 0 Å². The molecule has 2 heterocycles. The van der Waals surface area contributed by atoms with Crippen molar-refractivity contribution in [2.45, 2.75) is 33.2 Å². The molecular formula is C26H26Cl2N4O3. The van der Waals surface area contributed by atoms with Crippen molar-refractivity contribution >= 4 is 45.9 Å². The predicted molar refractivity (Wildman–Crippen MR) is 140 cm³/mol. The summed E-state index contributed by atoms with van der Waals surface area (Å²) in [4.78, 5) is 20.4. The first kappa shape index (κ1) is 24.8. The summed E-state index contributed by atoms with van der Waals surface area (Å²) in [5.41, 5.74) is 4.26. The van der Waals surface area contributed by atoms with Crippen molar-refractivity contribution in [2.24, 2.45) is 0 Å². The number of carboxylic acid groups (broad SMARTS) is 1. The van der Waals surface area contributed by atoms with E-state index in [9.17, 15) is 9.90 Å². The lowest BCUT2D eigenvalue weighted by molar-refractivity contribution is 0.0696. The van der Waals surface area contributed by atoms with E-state index in [0.717, 1.165) is 34.3 Å². The molecule has 0 bridgehead atoms. The van der Waals surface area contributed by atoms with Crippen LogP contribution in [0.15, 0.2) is 42.7 Å². The summed E-state index contributed by atoms with van der Waals surface area (Å²) < 4.78 is 7.64. The zero-order valence-corrected chi connectivity index (χ0v) is 21.2. The van der Waals surface area contributed by atoms with Gasteiger partial charge < -0.3 is 19.7 Å². The number of hydrogen-bond acceptors (Lipinski definition) is 5. The maximum Gasteiger partial charge on any atom is 0.337 e. The predicted octanol–water partition coefficient (Wildman–Crippen LogP) is 6.48. The third-order valence-corrected chi connectivity index (χ3v) is 6.51. The van der Waals surface area contributed by atoms with Gasteiger partial charge >= 0.3 is 5.97 Å². The summed E-state index contributed by atoms with van der Waals surface area (Å²) in [6.07, 6.45) is 2.90. The van der Waals surface area contributed by atoms with Crippen molar-refractivity contribution in [1.29, 1.82) is 0 Å². The third kappa shape index (κ3) is 5.06. The molecule has 7 nitrogen and oxygen atoms in total. The van der Waals surface area contributed by atoms with Gasteiger partial charge in [-0.3, -0.25) is 0 Å². The van der Waals surface area contributed by atoms with Crippen molar-refractivity contribution in [3.05, 3.63) is 69.6 Å². The summed E-state index contributed by atoms with van der Waals surface area (Å²) in [7, 11) is 1.65. The highest BCUT2D eigenvalue weighted by molar-refractivity contribution is 6.35. The molecule has 0 atom stereocenters. The quantitative estimate of drug-likeness (QED) is 0.266. The molecule has 0 saturated carbocycles. The van der Waals surface area contributed by atoms with Gasteiger partial charge in [0.2, 0.25) is 0 Å². The molecule has 35 heavy (non-hydrogen) atoms. The van der Waals surface area contributed by atoms with Crippen LogP contribution in [0.4, 0.5) is 5.82 Å². The zero-order valence-electron chi connectivity index (χ0n) is 19.7. The second-order valence-corrected chi connectivity index (χ2v) is 9.03. The fourth-order valence-corrected chi connectivity index (χ4v) is 4.92. The summed E-state index contributed by atoms with van der Waals surface area (Å²) in [6, 6.07) is 11.1. The van der Waals surface area contributed by atoms with E-state index in [1.807, 2.05) is 38.1 Å². The topological polar surface area (TPSA) is 89.3 Å². The number of aromatic carboxylic acids is 1. The lowest BCUT2D eigenvalue weighted by atomic mass is 9.98. The van der Waals surface area contributed by atoms with Crippen LogP contribution in [0.25, 0.3) is 22.2 Å². The fourth-order valence-electron chi connectivity index (χ4n) is 4.33. The second-order valence-electron chi connectivity index (χ2n) is 8.21. The number of aromatic nitrogens is 3. The monoisotopic (exact) mass is 512 g/mol. The molecule has 4 aromatic rings. The average Bonchev–Trinajstić information content (AvgIpc) is 3.16. The van der Waals surface area contributed by atoms with Crippen molar-refractivity contribution in [2.75, 3.05) is 19.0 Å². The summed E-state index contributed by atoms with van der Waals surface area (Å²) in [5, 5.41) is 14.7. The molecule has 2 N–H and O–H groups in total. The summed E-state index contributed by atoms with van der Waals surface area (Å²) in [6.45, 7) is 5.31. The average molecular weight is 513 g/mol. The second kappa shape index (κ2) is 10.5. The van der Waals surface area contributed by atoms with Crippen molar-refractivity contribution < 1.29 is 14.6 Å². The molecule has 0 amide bonds. The smallest absolute Gasteiger partial charge is 0.337 e. The summed E-state index contributed by atoms with van der Waals surface area (Å²) >= 11 is 12.8. The Morgan fingerprint density at radius 2 is 1.94 bits per heavy atom. The number of halogens is 2. The Kier molecular flexibility index (Phi) is 7.48. The van der Waals surface area contributed by atoms with Crippen LogP contribution in [-0.4, -0.2) is 39.3 Å². The van der Waals surface area contributed by atoms with E-state index in [4.69, 9.17) is 27.9 Å². The minimum Gasteiger partial charge on any atom is -0.496 e. The molecule has 0 spiro atoms. The van der Waals surface area contributed by atoms with Gasteiger partial charge in [-0.05, 0) is 49.2 Å². The van der Waals surface area contributed by atoms with E-state index in [1.165, 1.54) is 6.33 Å². The van der Waals surface area contributed by atoms with Gasteiger partial charge in [-0.25, -0.2) is 14.8 Å². The number of carboxylic acids is 1. The van der Waals surface area contributed by atoms with Crippen LogP contribution in [0, 0.1) is 6.92 Å². The molecule has 2 aromatic carbocycles. The normalized spacial score (nSPS) is 11.1. The zero-order chi connectivity index (χ0) is 25.1. The van der Waals surface area contributed by atoms with Crippen LogP contribution in [0.1, 0.15) is 35.0 Å². The Labute approximate surface area is 213 Å². The van der Waals surface area contributed by atoms with Crippen molar-refractivity contribution in [3.63, 3.8) is 0 Å². The first-order valence-corrected chi connectivity index (χ1v) is 12.0. The van der Waals surface area contributed by atoms with Crippen LogP contribution in [0.2, 0.25) is 10.0 Å². The molecule has 0 unspecified atom stereocenters. The molecule has 0 radical (unpaired) electrons. The molecule has 4 rings (SSSR count). The van der Waals surface area contributed by atoms with Crippen LogP contribution in [0.3, 0.4) is 0 Å². The van der Waals surface area contributed by atoms with Crippen LogP contribution in [0.5, 0.6) is 5.75 Å². The minimum atomic E-state index is -1.03. The molecule has 9 heteroatoms. The number of aryl methyl sites for hydroxylation is 2. The fraction of sp³-hybridized carbons (Fsp3) is 0.269. The number of ether oxygens (including phenoxy) is 1. The number of fused-ring (bicyclic) bond motifs is 1. The molecular weight excluding hydrogens is 487 g/mol. The molecule has 0 saturated heterocycles. The Bertz CT molecular complexity index is 1400. The molecule has 0 aliphatic rings. The largest absolute Gasteiger partial charge is 0.496 e. The molecule has 0 aliphatic heterocycles. The SMILES string of the molecule is CCCc1cc(-c2cc(NCCn3c(C)cc4c(OC)ccc(Cl)c43)ncn2)cc(Cl)c1C(=O)O. The number of nitrogens with zero attached hydrogens (tertiary/aromatic N) is 3. The minimum absolute atomic E-state index is 0.147. The van der Waals surface area contributed by atoms with E-state index in [0.29, 0.717) is 41.6 Å². The maximum absolute atomic E-state index is 11.7. The van der Waals surface area contributed by atoms with E-state index < -0.39 is 5.97 Å². The third-order valence-electron chi connectivity index (χ3n) is 5.91. The number of methoxy groups -OCH3 is 1. The lowest BCUT2D eigenvalue weighted by Gasteiger charge is -2.13. The Morgan fingerprint density at radius 3 is 2.66 bits per heavy atom. The maximum atomic E-state index is 11.7. The van der Waals surface area contributed by atoms with E-state index in [-0.39, 0.29) is 10.6 Å². The van der Waals surface area contributed by atoms with E-state index in [1.54, 1.807) is 13.2 Å². The first-order valence-electron chi connectivity index (χ1n) is 11.3. The number of rotatable bonds is 9. The Hall–Kier alpha value is -3.29. The highest BCUT2D eigenvalue weighted by Crippen LogP contribution is 2.34. The Morgan fingerprint density at radius 1 is 1.14 bits per heavy atom. The van der Waals surface area contributed by atoms with E-state index >= 15 is 0 Å². The van der Waals surface area contributed by atoms with Gasteiger partial charge in [0.05, 0.1) is 33.9 Å². The van der Waals surface area contributed by atoms with E-state index in [2.05, 4.69) is 25.9 Å². The number of nitrogens with one attached hydrogen (secondary N) is 1. The molecule has 0 fully saturated rings. The Balaban J connectivity index is 1.56. The first-order chi connectivity index (χ1) is 16.8. The number of hydrogen-bond donors (Lipinski definition) is 2. The van der Waals surface area contributed by atoms with Gasteiger partial charge in [-0.15, -0.1) is 0 Å². The molecule has 2 aromatic heterocycles. The number of anilines is 1. The highest BCUT2D eigenvalue weighted by Gasteiger charge is 2.17. The highest BCUT2D eigenvalue weighted by atomic mass is 35.5. The summed E-state index contributed by atoms with van der Waals surface area (Å²) in [5.74, 6) is 0.415. The van der Waals surface area contributed by atoms with Crippen molar-refractivity contribution in [3.8, 4) is 17.0 Å². The van der Waals surface area contributed by atoms with Gasteiger partial charge in [-0.1, -0.05) is 36.5 Å². The van der Waals surface area contributed by atoms with Gasteiger partial charge in [0.25, 0.3) is 0 Å². The van der Waals surface area contributed by atoms with Gasteiger partial charge in [0, 0.05) is 35.8 Å². The number of benzene rings is 2. The van der Waals surface area contributed by atoms with Gasteiger partial charge in [0.1, 0.15) is 17.9 Å². The van der Waals surface area contributed by atoms with Crippen molar-refractivity contribution in [1.82, 2.24) is 14.5 Å². The van der Waals surface area contributed by atoms with Crippen LogP contribution < -0.4 is 10.1 Å². The lowest BCUT2D eigenvalue weighted by Crippen LogP contribution is -2.12. The standard InChI is InChI=1S/C26H26Cl2N4O3/c1-4-5-16-11-17(12-20(28)24(16)26(33)34)21-13-23(31-14-30-21)29-8-9-32-15(2)10-18-22(35-3)7-6-19(27)25(18)32/h6-7,10-14H,4-5,8-9H2,1-3H3,(H,33,34)(H,29,30,31). The number of carbonyl (C=O) groups is 1. The van der Waals surface area contributed by atoms with Crippen LogP contribution in [-0.2, 0) is 13.0 Å². The van der Waals surface area contributed by atoms with Crippen LogP contribution >= 0.6 is 23.2 Å². The van der Waals surface area contributed by atoms with Gasteiger partial charge in [0.15, 0.2) is 0 Å². The molecule has 0 aliphatic carbocycles. The molecule has 182 valence electrons.